The number of nitrogens with zero attached hydrogens (tertiary/aromatic N) is 1. The first kappa shape index (κ1) is 22.4. The lowest BCUT2D eigenvalue weighted by molar-refractivity contribution is -0.111. The van der Waals surface area contributed by atoms with Gasteiger partial charge in [0.2, 0.25) is 15.9 Å². The van der Waals surface area contributed by atoms with Gasteiger partial charge in [0.15, 0.2) is 11.5 Å². The highest BCUT2D eigenvalue weighted by atomic mass is 32.2. The lowest BCUT2D eigenvalue weighted by Crippen LogP contribution is -2.22. The Morgan fingerprint density at radius 3 is 2.21 bits per heavy atom. The van der Waals surface area contributed by atoms with Crippen molar-refractivity contribution in [3.8, 4) is 11.5 Å². The number of carbonyl (C=O) groups excluding carboxylic acids is 1. The Kier molecular flexibility index (Phi) is 7.81. The molecule has 0 spiro atoms. The van der Waals surface area contributed by atoms with Gasteiger partial charge in [0.05, 0.1) is 18.1 Å². The van der Waals surface area contributed by atoms with Gasteiger partial charge in [-0.2, -0.15) is 0 Å². The van der Waals surface area contributed by atoms with Crippen LogP contribution in [0.2, 0.25) is 0 Å². The molecule has 0 radical (unpaired) electrons. The van der Waals surface area contributed by atoms with E-state index >= 15 is 0 Å². The maximum Gasteiger partial charge on any atom is 0.248 e. The van der Waals surface area contributed by atoms with Gasteiger partial charge in [0, 0.05) is 25.9 Å². The maximum atomic E-state index is 12.2. The lowest BCUT2D eigenvalue weighted by Gasteiger charge is -2.12. The highest BCUT2D eigenvalue weighted by Crippen LogP contribution is 2.29. The molecule has 0 aliphatic carbocycles. The second-order valence-corrected chi connectivity index (χ2v) is 8.36. The van der Waals surface area contributed by atoms with Crippen molar-refractivity contribution in [2.24, 2.45) is 0 Å². The average molecular weight is 419 g/mol. The minimum absolute atomic E-state index is 0.161. The van der Waals surface area contributed by atoms with Gasteiger partial charge in [-0.3, -0.25) is 4.79 Å². The van der Waals surface area contributed by atoms with E-state index in [-0.39, 0.29) is 10.8 Å². The standard InChI is InChI=1S/C21H26N2O5S/c1-5-27-19-13-7-16(15-20(19)28-6-2)8-14-21(24)22-17-9-11-18(12-10-17)29(25,26)23(3)4/h7-15H,5-6H2,1-4H3,(H,22,24)/b14-8+. The molecule has 2 aromatic rings. The number of nitrogens with one attached hydrogen (secondary N) is 1. The summed E-state index contributed by atoms with van der Waals surface area (Å²) in [4.78, 5) is 12.3. The molecule has 8 heteroatoms. The first-order valence-electron chi connectivity index (χ1n) is 9.19. The Labute approximate surface area is 172 Å². The number of anilines is 1. The number of carbonyl (C=O) groups is 1. The summed E-state index contributed by atoms with van der Waals surface area (Å²) in [5.41, 5.74) is 1.29. The molecule has 2 aromatic carbocycles. The molecular weight excluding hydrogens is 392 g/mol. The molecule has 1 N–H and O–H groups in total. The van der Waals surface area contributed by atoms with Gasteiger partial charge >= 0.3 is 0 Å². The van der Waals surface area contributed by atoms with Crippen LogP contribution in [0.25, 0.3) is 6.08 Å². The molecule has 29 heavy (non-hydrogen) atoms. The van der Waals surface area contributed by atoms with E-state index in [0.29, 0.717) is 30.4 Å². The van der Waals surface area contributed by atoms with Gasteiger partial charge in [-0.1, -0.05) is 6.07 Å². The normalized spacial score (nSPS) is 11.6. The number of sulfonamides is 1. The summed E-state index contributed by atoms with van der Waals surface area (Å²) in [7, 11) is -0.569. The molecule has 0 heterocycles. The van der Waals surface area contributed by atoms with Crippen LogP contribution in [0, 0.1) is 0 Å². The Hall–Kier alpha value is -2.84. The topological polar surface area (TPSA) is 84.9 Å². The van der Waals surface area contributed by atoms with Gasteiger partial charge in [0.1, 0.15) is 0 Å². The van der Waals surface area contributed by atoms with E-state index in [1.54, 1.807) is 30.3 Å². The number of benzene rings is 2. The van der Waals surface area contributed by atoms with Crippen molar-refractivity contribution in [1.29, 1.82) is 0 Å². The van der Waals surface area contributed by atoms with Crippen LogP contribution >= 0.6 is 0 Å². The smallest absolute Gasteiger partial charge is 0.248 e. The highest BCUT2D eigenvalue weighted by Gasteiger charge is 2.16. The highest BCUT2D eigenvalue weighted by molar-refractivity contribution is 7.89. The summed E-state index contributed by atoms with van der Waals surface area (Å²) in [6.07, 6.45) is 3.06. The summed E-state index contributed by atoms with van der Waals surface area (Å²) in [6.45, 7) is 4.83. The molecule has 1 amide bonds. The predicted molar refractivity (Wildman–Crippen MR) is 114 cm³/mol. The van der Waals surface area contributed by atoms with Crippen LogP contribution in [-0.2, 0) is 14.8 Å². The summed E-state index contributed by atoms with van der Waals surface area (Å²) < 4.78 is 36.4. The van der Waals surface area contributed by atoms with Crippen LogP contribution in [0.15, 0.2) is 53.4 Å². The van der Waals surface area contributed by atoms with Crippen LogP contribution in [0.4, 0.5) is 5.69 Å². The van der Waals surface area contributed by atoms with Crippen molar-refractivity contribution in [3.63, 3.8) is 0 Å². The van der Waals surface area contributed by atoms with Gasteiger partial charge in [-0.05, 0) is 61.9 Å². The number of hydrogen-bond acceptors (Lipinski definition) is 5. The van der Waals surface area contributed by atoms with Crippen molar-refractivity contribution in [2.75, 3.05) is 32.6 Å². The summed E-state index contributed by atoms with van der Waals surface area (Å²) >= 11 is 0. The zero-order valence-corrected chi connectivity index (χ0v) is 17.8. The molecule has 2 rings (SSSR count). The van der Waals surface area contributed by atoms with Gasteiger partial charge < -0.3 is 14.8 Å². The largest absolute Gasteiger partial charge is 0.490 e. The Morgan fingerprint density at radius 1 is 1.00 bits per heavy atom. The van der Waals surface area contributed by atoms with E-state index in [2.05, 4.69) is 5.32 Å². The van der Waals surface area contributed by atoms with Crippen molar-refractivity contribution >= 4 is 27.7 Å². The molecule has 7 nitrogen and oxygen atoms in total. The van der Waals surface area contributed by atoms with E-state index in [0.717, 1.165) is 9.87 Å². The predicted octanol–water partition coefficient (Wildman–Crippen LogP) is 3.39. The van der Waals surface area contributed by atoms with E-state index in [1.165, 1.54) is 32.3 Å². The van der Waals surface area contributed by atoms with Gasteiger partial charge in [-0.15, -0.1) is 0 Å². The van der Waals surface area contributed by atoms with E-state index in [4.69, 9.17) is 9.47 Å². The van der Waals surface area contributed by atoms with Gasteiger partial charge in [-0.25, -0.2) is 12.7 Å². The van der Waals surface area contributed by atoms with E-state index in [1.807, 2.05) is 19.9 Å². The molecule has 0 unspecified atom stereocenters. The molecule has 0 aromatic heterocycles. The molecule has 0 fully saturated rings. The molecular formula is C21H26N2O5S. The Morgan fingerprint density at radius 2 is 1.62 bits per heavy atom. The Bertz CT molecular complexity index is 967. The third-order valence-corrected chi connectivity index (χ3v) is 5.72. The molecule has 0 saturated heterocycles. The summed E-state index contributed by atoms with van der Waals surface area (Å²) in [5.74, 6) is 0.943. The lowest BCUT2D eigenvalue weighted by atomic mass is 10.2. The van der Waals surface area contributed by atoms with Crippen LogP contribution in [0.3, 0.4) is 0 Å². The van der Waals surface area contributed by atoms with Crippen LogP contribution in [0.1, 0.15) is 19.4 Å². The molecule has 0 bridgehead atoms. The minimum atomic E-state index is -3.50. The maximum absolute atomic E-state index is 12.2. The fourth-order valence-corrected chi connectivity index (χ4v) is 3.35. The van der Waals surface area contributed by atoms with Crippen molar-refractivity contribution < 1.29 is 22.7 Å². The second kappa shape index (κ2) is 10.1. The van der Waals surface area contributed by atoms with Gasteiger partial charge in [0.25, 0.3) is 0 Å². The second-order valence-electron chi connectivity index (χ2n) is 6.21. The molecule has 0 aliphatic rings. The average Bonchev–Trinajstić information content (AvgIpc) is 2.69. The number of ether oxygens (including phenoxy) is 2. The number of amides is 1. The van der Waals surface area contributed by atoms with Crippen molar-refractivity contribution in [2.45, 2.75) is 18.7 Å². The van der Waals surface area contributed by atoms with Crippen LogP contribution in [0.5, 0.6) is 11.5 Å². The summed E-state index contributed by atoms with van der Waals surface area (Å²) in [5, 5.41) is 2.70. The monoisotopic (exact) mass is 418 g/mol. The van der Waals surface area contributed by atoms with E-state index < -0.39 is 10.0 Å². The van der Waals surface area contributed by atoms with Crippen molar-refractivity contribution in [3.05, 3.63) is 54.1 Å². The number of rotatable bonds is 9. The number of hydrogen-bond donors (Lipinski definition) is 1. The van der Waals surface area contributed by atoms with Crippen LogP contribution in [-0.4, -0.2) is 45.9 Å². The fourth-order valence-electron chi connectivity index (χ4n) is 2.45. The third-order valence-electron chi connectivity index (χ3n) is 3.90. The first-order valence-corrected chi connectivity index (χ1v) is 10.6. The quantitative estimate of drug-likeness (QED) is 0.631. The van der Waals surface area contributed by atoms with E-state index in [9.17, 15) is 13.2 Å². The molecule has 0 atom stereocenters. The zero-order chi connectivity index (χ0) is 21.4. The summed E-state index contributed by atoms with van der Waals surface area (Å²) in [6, 6.07) is 11.4. The third kappa shape index (κ3) is 6.07. The molecule has 0 saturated carbocycles. The first-order chi connectivity index (χ1) is 13.8. The molecule has 156 valence electrons. The van der Waals surface area contributed by atoms with Crippen LogP contribution < -0.4 is 14.8 Å². The SMILES string of the molecule is CCOc1ccc(/C=C/C(=O)Nc2ccc(S(=O)(=O)N(C)C)cc2)cc1OCC. The zero-order valence-electron chi connectivity index (χ0n) is 17.0. The minimum Gasteiger partial charge on any atom is -0.490 e. The fraction of sp³-hybridized carbons (Fsp3) is 0.286. The van der Waals surface area contributed by atoms with Crippen molar-refractivity contribution in [1.82, 2.24) is 4.31 Å². The molecule has 0 aliphatic heterocycles. The Balaban J connectivity index is 2.07.